The van der Waals surface area contributed by atoms with Gasteiger partial charge in [-0.05, 0) is 0 Å². The number of likely N-dealkylation sites (N-methyl/N-ethyl adjacent to an activating group) is 1. The number of ether oxygens (including phenoxy) is 1. The molecule has 0 aromatic heterocycles. The molecule has 0 bridgehead atoms. The molecule has 3 aliphatic carbocycles. The Hall–Kier alpha value is -4.23. The van der Waals surface area contributed by atoms with Crippen LogP contribution in [0.5, 0.6) is 5.75 Å². The summed E-state index contributed by atoms with van der Waals surface area (Å²) in [6, 6.07) is 1.55. The van der Waals surface area contributed by atoms with E-state index in [0.717, 1.165) is 4.90 Å². The molecule has 6 N–H and O–H groups in total. The van der Waals surface area contributed by atoms with Crippen molar-refractivity contribution < 1.29 is 44.3 Å². The van der Waals surface area contributed by atoms with Crippen LogP contribution in [0, 0.1) is 11.8 Å². The van der Waals surface area contributed by atoms with E-state index in [1.807, 2.05) is 0 Å². The first-order valence-corrected chi connectivity index (χ1v) is 12.8. The molecule has 1 aromatic carbocycles. The van der Waals surface area contributed by atoms with Gasteiger partial charge in [0.05, 0.1) is 7.11 Å². The number of methoxy groups -OCH3 is 1. The molecule has 0 radical (unpaired) electrons. The van der Waals surface area contributed by atoms with E-state index in [0.29, 0.717) is 0 Å². The molecular formula is C28H32BN3O9. The number of Topliss-reactive ketones (excluding diaryl/α,β-unsaturated/α-hetero) is 2. The van der Waals surface area contributed by atoms with Gasteiger partial charge in [0.25, 0.3) is 0 Å². The van der Waals surface area contributed by atoms with Crippen LogP contribution < -0.4 is 5.73 Å². The number of phenols is 1. The van der Waals surface area contributed by atoms with Crippen molar-refractivity contribution in [3.8, 4) is 5.75 Å². The summed E-state index contributed by atoms with van der Waals surface area (Å²) in [6.45, 7) is 3.22. The number of hydrogen-bond acceptors (Lipinski definition) is 10. The van der Waals surface area contributed by atoms with Gasteiger partial charge in [-0.25, -0.2) is 4.79 Å². The summed E-state index contributed by atoms with van der Waals surface area (Å²) in [5.41, 5.74) is 2.30. The van der Waals surface area contributed by atoms with Gasteiger partial charge in [-0.2, -0.15) is 0 Å². The number of rotatable bonds is 7. The monoisotopic (exact) mass is 565 g/mol. The summed E-state index contributed by atoms with van der Waals surface area (Å²) in [4.78, 5) is 54.3. The SMILES string of the molecule is B=C1C(C(N)=O)=C(O)[C@@H](N(C)C)[C@@H]2C[C@@H]3Cc4c(C(=O)CN(CC=C)C(=O)OC)ccc(O)c4C(=O)C3=C(O)[C@]12O. The van der Waals surface area contributed by atoms with Gasteiger partial charge in [0.1, 0.15) is 0 Å². The van der Waals surface area contributed by atoms with Gasteiger partial charge >= 0.3 is 208 Å². The molecular weight excluding hydrogens is 533 g/mol. The van der Waals surface area contributed by atoms with Crippen molar-refractivity contribution in [3.63, 3.8) is 0 Å². The Kier molecular flexibility index (Phi) is 7.72. The number of amides is 2. The van der Waals surface area contributed by atoms with Crippen molar-refractivity contribution in [2.24, 2.45) is 17.6 Å². The number of nitrogens with two attached hydrogens (primary N) is 1. The second kappa shape index (κ2) is 10.6. The van der Waals surface area contributed by atoms with Crippen LogP contribution in [-0.2, 0) is 16.0 Å². The zero-order chi connectivity index (χ0) is 30.5. The number of benzene rings is 1. The Morgan fingerprint density at radius 1 is 1.24 bits per heavy atom. The van der Waals surface area contributed by atoms with Gasteiger partial charge in [-0.1, -0.05) is 6.08 Å². The maximum absolute atomic E-state index is 13.9. The molecule has 2 amide bonds. The number of fused-ring (bicyclic) bond motifs is 3. The number of hydrogen-bond donors (Lipinski definition) is 5. The molecule has 1 aromatic rings. The number of carbonyl (C=O) groups excluding carboxylic acids is 4. The average molecular weight is 565 g/mol. The molecule has 13 heteroatoms. The third-order valence-corrected chi connectivity index (χ3v) is 8.21. The van der Waals surface area contributed by atoms with Gasteiger partial charge in [-0.15, -0.1) is 6.58 Å². The van der Waals surface area contributed by atoms with E-state index in [2.05, 4.69) is 14.1 Å². The van der Waals surface area contributed by atoms with E-state index in [1.165, 1.54) is 25.3 Å². The number of phenolic OH excluding ortho intramolecular Hbond substituents is 1. The Morgan fingerprint density at radius 3 is 2.46 bits per heavy atom. The summed E-state index contributed by atoms with van der Waals surface area (Å²) >= 11 is 0. The second-order valence-electron chi connectivity index (χ2n) is 10.7. The summed E-state index contributed by atoms with van der Waals surface area (Å²) in [7, 11) is 8.15. The van der Waals surface area contributed by atoms with Gasteiger partial charge in [0.2, 0.25) is 0 Å². The molecule has 4 rings (SSSR count). The maximum atomic E-state index is 13.9. The first-order valence-electron chi connectivity index (χ1n) is 12.8. The molecule has 0 unspecified atom stereocenters. The minimum absolute atomic E-state index is 0.0159. The molecule has 0 saturated carbocycles. The normalized spacial score (nSPS) is 25.3. The number of nitrogens with zero attached hydrogens (tertiary/aromatic N) is 2. The van der Waals surface area contributed by atoms with Gasteiger partial charge in [0.15, 0.2) is 0 Å². The predicted octanol–water partition coefficient (Wildman–Crippen LogP) is 0.0618. The predicted molar refractivity (Wildman–Crippen MR) is 149 cm³/mol. The molecule has 0 saturated heterocycles. The summed E-state index contributed by atoms with van der Waals surface area (Å²) in [5, 5.41) is 45.1. The summed E-state index contributed by atoms with van der Waals surface area (Å²) < 4.78 is 4.73. The minimum atomic E-state index is -2.32. The molecule has 4 atom stereocenters. The summed E-state index contributed by atoms with van der Waals surface area (Å²) in [5.74, 6) is -5.70. The molecule has 0 fully saturated rings. The molecule has 0 spiro atoms. The molecule has 0 heterocycles. The fraction of sp³-hybridized carbons (Fsp3) is 0.393. The third-order valence-electron chi connectivity index (χ3n) is 8.21. The Labute approximate surface area is 237 Å². The van der Waals surface area contributed by atoms with E-state index in [1.54, 1.807) is 19.0 Å². The molecule has 0 aliphatic heterocycles. The average Bonchev–Trinajstić information content (AvgIpc) is 2.89. The van der Waals surface area contributed by atoms with E-state index >= 15 is 0 Å². The van der Waals surface area contributed by atoms with Crippen molar-refractivity contribution in [2.45, 2.75) is 24.5 Å². The number of primary amides is 1. The number of aliphatic hydroxyl groups excluding tert-OH is 2. The number of allylic oxidation sites excluding steroid dienone is 1. The van der Waals surface area contributed by atoms with E-state index in [4.69, 9.17) is 10.5 Å². The molecule has 41 heavy (non-hydrogen) atoms. The van der Waals surface area contributed by atoms with Crippen LogP contribution in [-0.4, -0.2) is 113 Å². The zero-order valence-electron chi connectivity index (χ0n) is 23.0. The Balaban J connectivity index is 1.86. The molecule has 3 aliphatic rings. The number of aromatic hydroxyl groups is 1. The van der Waals surface area contributed by atoms with Crippen LogP contribution in [0.1, 0.15) is 32.7 Å². The fourth-order valence-electron chi connectivity index (χ4n) is 6.42. The van der Waals surface area contributed by atoms with Crippen LogP contribution in [0.2, 0.25) is 0 Å². The van der Waals surface area contributed by atoms with Gasteiger partial charge in [0, 0.05) is 0 Å². The van der Waals surface area contributed by atoms with E-state index < -0.39 is 69.9 Å². The topological polar surface area (TPSA) is 191 Å². The van der Waals surface area contributed by atoms with Crippen LogP contribution in [0.15, 0.2) is 47.5 Å². The standard InChI is InChI=1S/C28H32BN3O9/c1-5-8-32(27(39)41-4)11-17(34)13-6-7-16(33)19-14(13)9-12-10-15-21(31(2)3)23(36)20(26(30)38)24(29)28(15,40)25(37)18(12)22(19)35/h5-7,12,15,21,29,33,36-37,40H,1,8-11H2,2-4H3,(H2,30,38)/t12-,15-,21-,28+/m0/s1. The van der Waals surface area contributed by atoms with Gasteiger partial charge in [-0.3, -0.25) is 0 Å². The Bertz CT molecular complexity index is 1460. The molecule has 216 valence electrons. The van der Waals surface area contributed by atoms with Crippen molar-refractivity contribution in [1.82, 2.24) is 9.80 Å². The van der Waals surface area contributed by atoms with E-state index in [9.17, 15) is 39.6 Å². The fourth-order valence-corrected chi connectivity index (χ4v) is 6.42. The van der Waals surface area contributed by atoms with Crippen LogP contribution in [0.25, 0.3) is 0 Å². The van der Waals surface area contributed by atoms with Crippen LogP contribution in [0.4, 0.5) is 4.79 Å². The van der Waals surface area contributed by atoms with Crippen molar-refractivity contribution in [3.05, 3.63) is 64.1 Å². The van der Waals surface area contributed by atoms with Crippen LogP contribution >= 0.6 is 0 Å². The molecule has 12 nitrogen and oxygen atoms in total. The number of carbonyl (C=O) groups is 4. The third kappa shape index (κ3) is 4.45. The number of ketones is 2. The van der Waals surface area contributed by atoms with E-state index in [-0.39, 0.29) is 53.7 Å². The van der Waals surface area contributed by atoms with Gasteiger partial charge < -0.3 is 4.74 Å². The second-order valence-corrected chi connectivity index (χ2v) is 10.7. The Morgan fingerprint density at radius 2 is 1.90 bits per heavy atom. The van der Waals surface area contributed by atoms with Crippen molar-refractivity contribution in [2.75, 3.05) is 34.3 Å². The quantitative estimate of drug-likeness (QED) is 0.172. The van der Waals surface area contributed by atoms with Crippen molar-refractivity contribution >= 4 is 36.5 Å². The van der Waals surface area contributed by atoms with Crippen LogP contribution in [0.3, 0.4) is 0 Å². The first-order chi connectivity index (χ1) is 19.2. The zero-order valence-corrected chi connectivity index (χ0v) is 23.0. The number of aliphatic hydroxyl groups is 3. The summed E-state index contributed by atoms with van der Waals surface area (Å²) in [6.07, 6.45) is 0.726. The first kappa shape index (κ1) is 29.8. The van der Waals surface area contributed by atoms with Crippen molar-refractivity contribution in [1.29, 1.82) is 0 Å².